The van der Waals surface area contributed by atoms with Gasteiger partial charge < -0.3 is 10.1 Å². The molecule has 5 nitrogen and oxygen atoms in total. The molecule has 0 aromatic heterocycles. The second-order valence-electron chi connectivity index (χ2n) is 6.67. The molecule has 0 radical (unpaired) electrons. The molecule has 21 heavy (non-hydrogen) atoms. The van der Waals surface area contributed by atoms with Crippen molar-refractivity contribution in [2.75, 3.05) is 32.0 Å². The molecule has 6 heteroatoms. The summed E-state index contributed by atoms with van der Waals surface area (Å²) < 4.78 is 33.0. The first-order valence-electron chi connectivity index (χ1n) is 8.49. The van der Waals surface area contributed by atoms with Crippen molar-refractivity contribution in [3.05, 3.63) is 0 Å². The van der Waals surface area contributed by atoms with Crippen molar-refractivity contribution in [1.82, 2.24) is 9.62 Å². The maximum atomic E-state index is 12.7. The van der Waals surface area contributed by atoms with Gasteiger partial charge in [0.05, 0.1) is 24.5 Å². The average Bonchev–Trinajstić information content (AvgIpc) is 2.53. The lowest BCUT2D eigenvalue weighted by atomic mass is 9.91. The van der Waals surface area contributed by atoms with E-state index in [9.17, 15) is 8.42 Å². The predicted molar refractivity (Wildman–Crippen MR) is 82.7 cm³/mol. The first kappa shape index (κ1) is 15.7. The monoisotopic (exact) mass is 316 g/mol. The molecule has 0 bridgehead atoms. The van der Waals surface area contributed by atoms with Crippen LogP contribution in [-0.4, -0.2) is 56.9 Å². The Bertz CT molecular complexity index is 432. The summed E-state index contributed by atoms with van der Waals surface area (Å²) in [7, 11) is -3.12. The van der Waals surface area contributed by atoms with Crippen molar-refractivity contribution in [3.8, 4) is 0 Å². The van der Waals surface area contributed by atoms with Crippen molar-refractivity contribution in [2.24, 2.45) is 5.92 Å². The first-order valence-corrected chi connectivity index (χ1v) is 10.1. The lowest BCUT2D eigenvalue weighted by molar-refractivity contribution is -0.0586. The number of fused-ring (bicyclic) bond motifs is 1. The second-order valence-corrected chi connectivity index (χ2v) is 8.71. The van der Waals surface area contributed by atoms with Gasteiger partial charge in [-0.1, -0.05) is 12.8 Å². The standard InChI is InChI=1S/C15H28N2O3S/c18-21(19,12-7-13-5-8-16-9-6-13)17-10-11-20-15-4-2-1-3-14(15)17/h13-16H,1-12H2. The van der Waals surface area contributed by atoms with E-state index >= 15 is 0 Å². The number of sulfonamides is 1. The molecule has 0 spiro atoms. The lowest BCUT2D eigenvalue weighted by Gasteiger charge is -2.43. The Morgan fingerprint density at radius 3 is 2.67 bits per heavy atom. The van der Waals surface area contributed by atoms with Gasteiger partial charge in [0.2, 0.25) is 10.0 Å². The third kappa shape index (κ3) is 3.78. The van der Waals surface area contributed by atoms with Crippen LogP contribution in [0.25, 0.3) is 0 Å². The van der Waals surface area contributed by atoms with E-state index in [1.165, 1.54) is 6.42 Å². The summed E-state index contributed by atoms with van der Waals surface area (Å²) in [6, 6.07) is 0.102. The molecule has 3 fully saturated rings. The molecular weight excluding hydrogens is 288 g/mol. The molecular formula is C15H28N2O3S. The molecule has 3 aliphatic rings. The van der Waals surface area contributed by atoms with E-state index < -0.39 is 10.0 Å². The van der Waals surface area contributed by atoms with Crippen LogP contribution < -0.4 is 5.32 Å². The van der Waals surface area contributed by atoms with Gasteiger partial charge in [0.25, 0.3) is 0 Å². The maximum absolute atomic E-state index is 12.7. The van der Waals surface area contributed by atoms with Crippen LogP contribution in [0, 0.1) is 5.92 Å². The minimum absolute atomic E-state index is 0.102. The number of ether oxygens (including phenoxy) is 1. The Morgan fingerprint density at radius 2 is 1.86 bits per heavy atom. The van der Waals surface area contributed by atoms with Crippen LogP contribution in [-0.2, 0) is 14.8 Å². The zero-order valence-electron chi connectivity index (χ0n) is 12.8. The minimum Gasteiger partial charge on any atom is -0.375 e. The molecule has 122 valence electrons. The molecule has 0 aromatic carbocycles. The molecule has 2 saturated heterocycles. The van der Waals surface area contributed by atoms with Gasteiger partial charge in [0.15, 0.2) is 0 Å². The van der Waals surface area contributed by atoms with E-state index in [-0.39, 0.29) is 12.1 Å². The topological polar surface area (TPSA) is 58.6 Å². The molecule has 2 unspecified atom stereocenters. The highest BCUT2D eigenvalue weighted by Crippen LogP contribution is 2.31. The normalized spacial score (nSPS) is 32.8. The third-order valence-corrected chi connectivity index (χ3v) is 7.20. The summed E-state index contributed by atoms with van der Waals surface area (Å²) in [5, 5.41) is 3.34. The Hall–Kier alpha value is -0.170. The molecule has 0 aromatic rings. The summed E-state index contributed by atoms with van der Waals surface area (Å²) in [6.07, 6.45) is 7.48. The Labute approximate surface area is 128 Å². The number of rotatable bonds is 4. The van der Waals surface area contributed by atoms with Crippen LogP contribution in [0.3, 0.4) is 0 Å². The fourth-order valence-electron chi connectivity index (χ4n) is 4.01. The van der Waals surface area contributed by atoms with Gasteiger partial charge in [0, 0.05) is 6.54 Å². The van der Waals surface area contributed by atoms with Gasteiger partial charge >= 0.3 is 0 Å². The molecule has 3 rings (SSSR count). The number of hydrogen-bond donors (Lipinski definition) is 1. The number of morpholine rings is 1. The summed E-state index contributed by atoms with van der Waals surface area (Å²) >= 11 is 0. The van der Waals surface area contributed by atoms with Crippen LogP contribution in [0.1, 0.15) is 44.9 Å². The highest BCUT2D eigenvalue weighted by atomic mass is 32.2. The minimum atomic E-state index is -3.12. The van der Waals surface area contributed by atoms with Gasteiger partial charge in [0.1, 0.15) is 0 Å². The fourth-order valence-corrected chi connectivity index (χ4v) is 5.88. The molecule has 2 aliphatic heterocycles. The second kappa shape index (κ2) is 6.94. The largest absolute Gasteiger partial charge is 0.375 e. The predicted octanol–water partition coefficient (Wildman–Crippen LogP) is 1.35. The van der Waals surface area contributed by atoms with E-state index in [2.05, 4.69) is 5.32 Å². The van der Waals surface area contributed by atoms with Crippen LogP contribution in [0.4, 0.5) is 0 Å². The summed E-state index contributed by atoms with van der Waals surface area (Å²) in [4.78, 5) is 0. The van der Waals surface area contributed by atoms with Crippen molar-refractivity contribution < 1.29 is 13.2 Å². The van der Waals surface area contributed by atoms with E-state index in [4.69, 9.17) is 4.74 Å². The Kier molecular flexibility index (Phi) is 5.19. The average molecular weight is 316 g/mol. The van der Waals surface area contributed by atoms with Crippen molar-refractivity contribution in [2.45, 2.75) is 57.1 Å². The van der Waals surface area contributed by atoms with E-state index in [1.807, 2.05) is 0 Å². The number of hydrogen-bond acceptors (Lipinski definition) is 4. The summed E-state index contributed by atoms with van der Waals surface area (Å²) in [6.45, 7) is 3.18. The zero-order valence-corrected chi connectivity index (χ0v) is 13.6. The number of nitrogens with zero attached hydrogens (tertiary/aromatic N) is 1. The van der Waals surface area contributed by atoms with Crippen LogP contribution in [0.5, 0.6) is 0 Å². The van der Waals surface area contributed by atoms with Crippen molar-refractivity contribution in [1.29, 1.82) is 0 Å². The zero-order chi connectivity index (χ0) is 14.7. The molecule has 1 N–H and O–H groups in total. The smallest absolute Gasteiger partial charge is 0.214 e. The maximum Gasteiger partial charge on any atom is 0.214 e. The van der Waals surface area contributed by atoms with E-state index in [0.717, 1.165) is 51.6 Å². The SMILES string of the molecule is O=S(=O)(CCC1CCNCC1)N1CCOC2CCCCC21. The van der Waals surface area contributed by atoms with Crippen LogP contribution >= 0.6 is 0 Å². The van der Waals surface area contributed by atoms with Gasteiger partial charge in [-0.2, -0.15) is 4.31 Å². The molecule has 2 atom stereocenters. The molecule has 1 aliphatic carbocycles. The summed E-state index contributed by atoms with van der Waals surface area (Å²) in [5.74, 6) is 0.894. The molecule has 1 saturated carbocycles. The van der Waals surface area contributed by atoms with Crippen molar-refractivity contribution >= 4 is 10.0 Å². The number of nitrogens with one attached hydrogen (secondary N) is 1. The van der Waals surface area contributed by atoms with Crippen LogP contribution in [0.15, 0.2) is 0 Å². The Morgan fingerprint density at radius 1 is 1.10 bits per heavy atom. The van der Waals surface area contributed by atoms with Crippen LogP contribution in [0.2, 0.25) is 0 Å². The molecule has 2 heterocycles. The fraction of sp³-hybridized carbons (Fsp3) is 1.00. The lowest BCUT2D eigenvalue weighted by Crippen LogP contribution is -2.55. The van der Waals surface area contributed by atoms with Gasteiger partial charge in [-0.15, -0.1) is 0 Å². The number of piperidine rings is 1. The highest BCUT2D eigenvalue weighted by Gasteiger charge is 2.40. The van der Waals surface area contributed by atoms with Gasteiger partial charge in [-0.25, -0.2) is 8.42 Å². The third-order valence-electron chi connectivity index (χ3n) is 5.28. The van der Waals surface area contributed by atoms with Crippen molar-refractivity contribution in [3.63, 3.8) is 0 Å². The van der Waals surface area contributed by atoms with E-state index in [1.54, 1.807) is 4.31 Å². The summed E-state index contributed by atoms with van der Waals surface area (Å²) in [5.41, 5.74) is 0. The Balaban J connectivity index is 1.60. The van der Waals surface area contributed by atoms with Gasteiger partial charge in [-0.05, 0) is 51.1 Å². The first-order chi connectivity index (χ1) is 10.2. The highest BCUT2D eigenvalue weighted by molar-refractivity contribution is 7.89. The quantitative estimate of drug-likeness (QED) is 0.850. The van der Waals surface area contributed by atoms with Gasteiger partial charge in [-0.3, -0.25) is 0 Å². The molecule has 0 amide bonds. The van der Waals surface area contributed by atoms with E-state index in [0.29, 0.717) is 24.8 Å².